The Bertz CT molecular complexity index is 473. The summed E-state index contributed by atoms with van der Waals surface area (Å²) in [6.07, 6.45) is 0.733. The standard InChI is InChI=1S/C11H16NO4P/c1-4-9-6-7-10(12(13)14)11(8-9)17(3,15)16-5-2/h6-8H,4-5H2,1-3H3. The largest absolute Gasteiger partial charge is 0.326 e. The van der Waals surface area contributed by atoms with Crippen LogP contribution in [0.5, 0.6) is 0 Å². The molecular formula is C11H16NO4P. The van der Waals surface area contributed by atoms with Gasteiger partial charge in [0.25, 0.3) is 5.69 Å². The molecule has 0 heterocycles. The molecule has 6 heteroatoms. The van der Waals surface area contributed by atoms with E-state index in [0.717, 1.165) is 12.0 Å². The van der Waals surface area contributed by atoms with Crippen LogP contribution in [0.25, 0.3) is 0 Å². The number of aryl methyl sites for hydroxylation is 1. The molecule has 0 aliphatic carbocycles. The summed E-state index contributed by atoms with van der Waals surface area (Å²) < 4.78 is 17.4. The van der Waals surface area contributed by atoms with Crippen LogP contribution < -0.4 is 5.30 Å². The lowest BCUT2D eigenvalue weighted by Crippen LogP contribution is -2.13. The number of nitro benzene ring substituents is 1. The summed E-state index contributed by atoms with van der Waals surface area (Å²) in [6, 6.07) is 4.67. The number of nitro groups is 1. The van der Waals surface area contributed by atoms with Crippen LogP contribution in [0.1, 0.15) is 19.4 Å². The predicted molar refractivity (Wildman–Crippen MR) is 67.3 cm³/mol. The Morgan fingerprint density at radius 1 is 1.41 bits per heavy atom. The summed E-state index contributed by atoms with van der Waals surface area (Å²) in [5.41, 5.74) is 0.772. The van der Waals surface area contributed by atoms with E-state index in [1.165, 1.54) is 12.7 Å². The van der Waals surface area contributed by atoms with Gasteiger partial charge in [-0.05, 0) is 25.0 Å². The summed E-state index contributed by atoms with van der Waals surface area (Å²) in [6.45, 7) is 5.33. The maximum absolute atomic E-state index is 12.3. The van der Waals surface area contributed by atoms with Crippen molar-refractivity contribution in [1.29, 1.82) is 0 Å². The summed E-state index contributed by atoms with van der Waals surface area (Å²) in [4.78, 5) is 10.4. The van der Waals surface area contributed by atoms with Crippen LogP contribution in [0.4, 0.5) is 5.69 Å². The molecule has 0 bridgehead atoms. The highest BCUT2D eigenvalue weighted by Crippen LogP contribution is 2.44. The van der Waals surface area contributed by atoms with Crippen molar-refractivity contribution in [2.75, 3.05) is 13.3 Å². The quantitative estimate of drug-likeness (QED) is 0.462. The third-order valence-electron chi connectivity index (χ3n) is 2.46. The van der Waals surface area contributed by atoms with Crippen molar-refractivity contribution >= 4 is 18.4 Å². The Morgan fingerprint density at radius 3 is 2.53 bits per heavy atom. The molecule has 1 rings (SSSR count). The van der Waals surface area contributed by atoms with Crippen molar-refractivity contribution in [1.82, 2.24) is 0 Å². The molecule has 0 aromatic heterocycles. The maximum atomic E-state index is 12.3. The van der Waals surface area contributed by atoms with Crippen LogP contribution in [0, 0.1) is 10.1 Å². The maximum Gasteiger partial charge on any atom is 0.282 e. The summed E-state index contributed by atoms with van der Waals surface area (Å²) >= 11 is 0. The van der Waals surface area contributed by atoms with Gasteiger partial charge in [-0.15, -0.1) is 0 Å². The Labute approximate surface area is 100 Å². The molecule has 1 aromatic rings. The van der Waals surface area contributed by atoms with Gasteiger partial charge < -0.3 is 4.52 Å². The molecule has 1 atom stereocenters. The normalized spacial score (nSPS) is 14.3. The minimum absolute atomic E-state index is 0.138. The van der Waals surface area contributed by atoms with Gasteiger partial charge in [-0.25, -0.2) is 0 Å². The summed E-state index contributed by atoms with van der Waals surface area (Å²) in [7, 11) is -3.12. The van der Waals surface area contributed by atoms with Crippen LogP contribution in [0.15, 0.2) is 18.2 Å². The van der Waals surface area contributed by atoms with Gasteiger partial charge in [-0.3, -0.25) is 14.7 Å². The predicted octanol–water partition coefficient (Wildman–Crippen LogP) is 2.73. The molecule has 0 fully saturated rings. The van der Waals surface area contributed by atoms with E-state index < -0.39 is 12.3 Å². The molecular weight excluding hydrogens is 241 g/mol. The van der Waals surface area contributed by atoms with E-state index in [0.29, 0.717) is 0 Å². The molecule has 94 valence electrons. The minimum atomic E-state index is -3.12. The molecule has 0 spiro atoms. The second kappa shape index (κ2) is 5.43. The van der Waals surface area contributed by atoms with Gasteiger partial charge in [0, 0.05) is 12.7 Å². The monoisotopic (exact) mass is 257 g/mol. The van der Waals surface area contributed by atoms with Crippen LogP contribution in [0.3, 0.4) is 0 Å². The Hall–Kier alpha value is -1.19. The van der Waals surface area contributed by atoms with Gasteiger partial charge in [-0.1, -0.05) is 13.0 Å². The van der Waals surface area contributed by atoms with E-state index >= 15 is 0 Å². The van der Waals surface area contributed by atoms with Gasteiger partial charge >= 0.3 is 0 Å². The zero-order valence-corrected chi connectivity index (χ0v) is 11.1. The number of hydrogen-bond donors (Lipinski definition) is 0. The Kier molecular flexibility index (Phi) is 4.43. The van der Waals surface area contributed by atoms with Gasteiger partial charge in [0.15, 0.2) is 0 Å². The molecule has 1 aromatic carbocycles. The van der Waals surface area contributed by atoms with Gasteiger partial charge in [0.2, 0.25) is 7.37 Å². The molecule has 0 saturated heterocycles. The lowest BCUT2D eigenvalue weighted by Gasteiger charge is -2.13. The molecule has 17 heavy (non-hydrogen) atoms. The topological polar surface area (TPSA) is 69.4 Å². The molecule has 0 N–H and O–H groups in total. The third-order valence-corrected chi connectivity index (χ3v) is 4.44. The fourth-order valence-corrected chi connectivity index (χ4v) is 3.19. The molecule has 0 saturated carbocycles. The van der Waals surface area contributed by atoms with E-state index in [-0.39, 0.29) is 17.6 Å². The molecule has 0 radical (unpaired) electrons. The van der Waals surface area contributed by atoms with Gasteiger partial charge in [0.1, 0.15) is 5.30 Å². The first kappa shape index (κ1) is 13.9. The van der Waals surface area contributed by atoms with E-state index in [9.17, 15) is 14.7 Å². The number of nitrogens with zero attached hydrogens (tertiary/aromatic N) is 1. The molecule has 0 aliphatic heterocycles. The second-order valence-electron chi connectivity index (χ2n) is 3.70. The van der Waals surface area contributed by atoms with Crippen molar-refractivity contribution in [2.45, 2.75) is 20.3 Å². The van der Waals surface area contributed by atoms with Crippen LogP contribution in [-0.2, 0) is 15.5 Å². The summed E-state index contributed by atoms with van der Waals surface area (Å²) in [5.74, 6) is 0. The minimum Gasteiger partial charge on any atom is -0.326 e. The number of rotatable bonds is 5. The van der Waals surface area contributed by atoms with Crippen molar-refractivity contribution in [3.8, 4) is 0 Å². The van der Waals surface area contributed by atoms with Crippen molar-refractivity contribution in [2.24, 2.45) is 0 Å². The SMILES string of the molecule is CCOP(C)(=O)c1cc(CC)ccc1[N+](=O)[O-]. The van der Waals surface area contributed by atoms with Crippen LogP contribution in [-0.4, -0.2) is 18.2 Å². The van der Waals surface area contributed by atoms with Crippen LogP contribution >= 0.6 is 7.37 Å². The highest BCUT2D eigenvalue weighted by atomic mass is 31.2. The molecule has 0 amide bonds. The van der Waals surface area contributed by atoms with Crippen molar-refractivity contribution < 1.29 is 14.0 Å². The van der Waals surface area contributed by atoms with E-state index in [4.69, 9.17) is 4.52 Å². The average Bonchev–Trinajstić information content (AvgIpc) is 2.28. The zero-order valence-electron chi connectivity index (χ0n) is 10.2. The Balaban J connectivity index is 3.36. The first-order valence-corrected chi connectivity index (χ1v) is 7.49. The number of hydrogen-bond acceptors (Lipinski definition) is 4. The number of benzene rings is 1. The van der Waals surface area contributed by atoms with E-state index in [1.54, 1.807) is 19.1 Å². The van der Waals surface area contributed by atoms with E-state index in [1.807, 2.05) is 6.92 Å². The smallest absolute Gasteiger partial charge is 0.282 e. The van der Waals surface area contributed by atoms with E-state index in [2.05, 4.69) is 0 Å². The fourth-order valence-electron chi connectivity index (χ4n) is 1.58. The van der Waals surface area contributed by atoms with Crippen molar-refractivity contribution in [3.05, 3.63) is 33.9 Å². The second-order valence-corrected chi connectivity index (χ2v) is 6.13. The summed E-state index contributed by atoms with van der Waals surface area (Å²) in [5, 5.41) is 11.1. The lowest BCUT2D eigenvalue weighted by molar-refractivity contribution is -0.383. The fraction of sp³-hybridized carbons (Fsp3) is 0.455. The van der Waals surface area contributed by atoms with Gasteiger partial charge in [0.05, 0.1) is 11.5 Å². The zero-order chi connectivity index (χ0) is 13.1. The highest BCUT2D eigenvalue weighted by Gasteiger charge is 2.28. The lowest BCUT2D eigenvalue weighted by atomic mass is 10.1. The average molecular weight is 257 g/mol. The Morgan fingerprint density at radius 2 is 2.06 bits per heavy atom. The van der Waals surface area contributed by atoms with Crippen LogP contribution in [0.2, 0.25) is 0 Å². The third kappa shape index (κ3) is 3.14. The highest BCUT2D eigenvalue weighted by molar-refractivity contribution is 7.66. The molecule has 1 unspecified atom stereocenters. The first-order valence-electron chi connectivity index (χ1n) is 5.42. The van der Waals surface area contributed by atoms with Crippen molar-refractivity contribution in [3.63, 3.8) is 0 Å². The molecule has 5 nitrogen and oxygen atoms in total. The molecule has 0 aliphatic rings. The first-order chi connectivity index (χ1) is 7.92. The van der Waals surface area contributed by atoms with Gasteiger partial charge in [-0.2, -0.15) is 0 Å².